The smallest absolute Gasteiger partial charge is 0.255 e. The Morgan fingerprint density at radius 1 is 1.33 bits per heavy atom. The minimum atomic E-state index is -0.581. The summed E-state index contributed by atoms with van der Waals surface area (Å²) < 4.78 is 0. The highest BCUT2D eigenvalue weighted by Crippen LogP contribution is 2.24. The van der Waals surface area contributed by atoms with Gasteiger partial charge in [-0.25, -0.2) is 0 Å². The molecule has 3 N–H and O–H groups in total. The van der Waals surface area contributed by atoms with Crippen molar-refractivity contribution >= 4 is 5.91 Å². The second-order valence-electron chi connectivity index (χ2n) is 4.93. The fraction of sp³-hybridized carbons (Fsp3) is 0.500. The van der Waals surface area contributed by atoms with Crippen molar-refractivity contribution in [3.8, 4) is 5.75 Å². The average molecular weight is 251 g/mol. The molecule has 0 aliphatic carbocycles. The average Bonchev–Trinajstić information content (AvgIpc) is 2.32. The van der Waals surface area contributed by atoms with Crippen molar-refractivity contribution in [3.63, 3.8) is 0 Å². The van der Waals surface area contributed by atoms with Crippen molar-refractivity contribution < 1.29 is 15.0 Å². The van der Waals surface area contributed by atoms with Crippen LogP contribution in [0.4, 0.5) is 0 Å². The standard InChI is InChI=1S/C14H21NO3/c1-8(2)12(16)7-15-14(18)11-6-5-9(3)10(4)13(11)17/h5-6,8,12,16-17H,7H2,1-4H3,(H,15,18). The Kier molecular flexibility index (Phi) is 4.73. The molecule has 4 heteroatoms. The number of aryl methyl sites for hydroxylation is 1. The molecule has 0 aromatic heterocycles. The van der Waals surface area contributed by atoms with Crippen LogP contribution in [0.3, 0.4) is 0 Å². The van der Waals surface area contributed by atoms with Gasteiger partial charge in [-0.15, -0.1) is 0 Å². The number of phenols is 1. The molecule has 1 aromatic rings. The van der Waals surface area contributed by atoms with E-state index in [-0.39, 0.29) is 29.7 Å². The summed E-state index contributed by atoms with van der Waals surface area (Å²) in [5.41, 5.74) is 1.88. The molecule has 0 aliphatic rings. The van der Waals surface area contributed by atoms with Gasteiger partial charge in [0, 0.05) is 6.54 Å². The van der Waals surface area contributed by atoms with E-state index in [1.54, 1.807) is 19.1 Å². The number of aromatic hydroxyl groups is 1. The van der Waals surface area contributed by atoms with E-state index < -0.39 is 6.10 Å². The zero-order valence-electron chi connectivity index (χ0n) is 11.3. The largest absolute Gasteiger partial charge is 0.507 e. The lowest BCUT2D eigenvalue weighted by molar-refractivity contribution is 0.0869. The number of aliphatic hydroxyl groups is 1. The van der Waals surface area contributed by atoms with Gasteiger partial charge in [0.1, 0.15) is 5.75 Å². The van der Waals surface area contributed by atoms with E-state index in [1.807, 2.05) is 20.8 Å². The summed E-state index contributed by atoms with van der Waals surface area (Å²) in [7, 11) is 0. The molecule has 0 bridgehead atoms. The molecule has 18 heavy (non-hydrogen) atoms. The molecule has 100 valence electrons. The van der Waals surface area contributed by atoms with Crippen LogP contribution in [0.25, 0.3) is 0 Å². The van der Waals surface area contributed by atoms with Gasteiger partial charge in [0.25, 0.3) is 5.91 Å². The van der Waals surface area contributed by atoms with E-state index >= 15 is 0 Å². The predicted octanol–water partition coefficient (Wildman–Crippen LogP) is 1.76. The van der Waals surface area contributed by atoms with Crippen LogP contribution in [0.2, 0.25) is 0 Å². The summed E-state index contributed by atoms with van der Waals surface area (Å²) in [6, 6.07) is 3.39. The van der Waals surface area contributed by atoms with Crippen molar-refractivity contribution in [3.05, 3.63) is 28.8 Å². The topological polar surface area (TPSA) is 69.6 Å². The van der Waals surface area contributed by atoms with Crippen molar-refractivity contribution in [1.29, 1.82) is 0 Å². The maximum atomic E-state index is 11.9. The van der Waals surface area contributed by atoms with Gasteiger partial charge < -0.3 is 15.5 Å². The minimum Gasteiger partial charge on any atom is -0.507 e. The van der Waals surface area contributed by atoms with Crippen molar-refractivity contribution in [2.75, 3.05) is 6.54 Å². The number of hydrogen-bond acceptors (Lipinski definition) is 3. The second kappa shape index (κ2) is 5.87. The van der Waals surface area contributed by atoms with Crippen LogP contribution in [0, 0.1) is 19.8 Å². The van der Waals surface area contributed by atoms with E-state index in [9.17, 15) is 15.0 Å². The molecule has 0 saturated heterocycles. The van der Waals surface area contributed by atoms with E-state index in [1.165, 1.54) is 0 Å². The first kappa shape index (κ1) is 14.5. The molecular formula is C14H21NO3. The van der Waals surface area contributed by atoms with Gasteiger partial charge in [0.05, 0.1) is 11.7 Å². The third-order valence-electron chi connectivity index (χ3n) is 3.19. The fourth-order valence-corrected chi connectivity index (χ4v) is 1.51. The van der Waals surface area contributed by atoms with Gasteiger partial charge >= 0.3 is 0 Å². The predicted molar refractivity (Wildman–Crippen MR) is 70.8 cm³/mol. The molecule has 1 aromatic carbocycles. The Morgan fingerprint density at radius 2 is 1.94 bits per heavy atom. The number of carbonyl (C=O) groups is 1. The van der Waals surface area contributed by atoms with Crippen LogP contribution in [0.1, 0.15) is 35.3 Å². The zero-order valence-corrected chi connectivity index (χ0v) is 11.3. The van der Waals surface area contributed by atoms with Gasteiger partial charge in [-0.3, -0.25) is 4.79 Å². The van der Waals surface area contributed by atoms with E-state index in [2.05, 4.69) is 5.32 Å². The molecule has 1 amide bonds. The lowest BCUT2D eigenvalue weighted by Crippen LogP contribution is -2.34. The quantitative estimate of drug-likeness (QED) is 0.763. The van der Waals surface area contributed by atoms with Gasteiger partial charge in [0.2, 0.25) is 0 Å². The lowest BCUT2D eigenvalue weighted by atomic mass is 10.0. The molecule has 0 fully saturated rings. The number of amides is 1. The van der Waals surface area contributed by atoms with Gasteiger partial charge in [-0.2, -0.15) is 0 Å². The highest BCUT2D eigenvalue weighted by molar-refractivity contribution is 5.97. The summed E-state index contributed by atoms with van der Waals surface area (Å²) in [6.07, 6.45) is -0.581. The normalized spacial score (nSPS) is 12.6. The minimum absolute atomic E-state index is 0.00605. The zero-order chi connectivity index (χ0) is 13.9. The summed E-state index contributed by atoms with van der Waals surface area (Å²) in [5, 5.41) is 22.1. The summed E-state index contributed by atoms with van der Waals surface area (Å²) in [4.78, 5) is 11.9. The molecule has 0 aliphatic heterocycles. The Morgan fingerprint density at radius 3 is 2.50 bits per heavy atom. The fourth-order valence-electron chi connectivity index (χ4n) is 1.51. The SMILES string of the molecule is Cc1ccc(C(=O)NCC(O)C(C)C)c(O)c1C. The molecule has 0 spiro atoms. The monoisotopic (exact) mass is 251 g/mol. The van der Waals surface area contributed by atoms with Crippen LogP contribution in [-0.4, -0.2) is 28.8 Å². The number of carbonyl (C=O) groups excluding carboxylic acids is 1. The molecule has 4 nitrogen and oxygen atoms in total. The molecule has 0 saturated carbocycles. The molecule has 1 unspecified atom stereocenters. The van der Waals surface area contributed by atoms with Gasteiger partial charge in [-0.05, 0) is 37.0 Å². The molecular weight excluding hydrogens is 230 g/mol. The van der Waals surface area contributed by atoms with E-state index in [4.69, 9.17) is 0 Å². The number of phenolic OH excluding ortho intramolecular Hbond substituents is 1. The number of hydrogen-bond donors (Lipinski definition) is 3. The Bertz CT molecular complexity index is 441. The van der Waals surface area contributed by atoms with E-state index in [0.717, 1.165) is 5.56 Å². The molecule has 0 heterocycles. The summed E-state index contributed by atoms with van der Waals surface area (Å²) >= 11 is 0. The Hall–Kier alpha value is -1.55. The van der Waals surface area contributed by atoms with Crippen LogP contribution in [0.5, 0.6) is 5.75 Å². The highest BCUT2D eigenvalue weighted by atomic mass is 16.3. The number of rotatable bonds is 4. The van der Waals surface area contributed by atoms with Gasteiger partial charge in [0.15, 0.2) is 0 Å². The Balaban J connectivity index is 2.77. The van der Waals surface area contributed by atoms with Crippen molar-refractivity contribution in [1.82, 2.24) is 5.32 Å². The maximum absolute atomic E-state index is 11.9. The third kappa shape index (κ3) is 3.23. The second-order valence-corrected chi connectivity index (χ2v) is 4.93. The summed E-state index contributed by atoms with van der Waals surface area (Å²) in [5.74, 6) is -0.277. The van der Waals surface area contributed by atoms with Crippen molar-refractivity contribution in [2.24, 2.45) is 5.92 Å². The third-order valence-corrected chi connectivity index (χ3v) is 3.19. The Labute approximate surface area is 108 Å². The maximum Gasteiger partial charge on any atom is 0.255 e. The molecule has 1 rings (SSSR count). The number of benzene rings is 1. The molecule has 1 atom stereocenters. The highest BCUT2D eigenvalue weighted by Gasteiger charge is 2.16. The number of aliphatic hydroxyl groups excluding tert-OH is 1. The van der Waals surface area contributed by atoms with Gasteiger partial charge in [-0.1, -0.05) is 19.9 Å². The van der Waals surface area contributed by atoms with Crippen LogP contribution in [-0.2, 0) is 0 Å². The van der Waals surface area contributed by atoms with Crippen LogP contribution in [0.15, 0.2) is 12.1 Å². The first-order valence-corrected chi connectivity index (χ1v) is 6.10. The van der Waals surface area contributed by atoms with Crippen molar-refractivity contribution in [2.45, 2.75) is 33.8 Å². The molecule has 0 radical (unpaired) electrons. The van der Waals surface area contributed by atoms with E-state index in [0.29, 0.717) is 5.56 Å². The van der Waals surface area contributed by atoms with Crippen LogP contribution >= 0.6 is 0 Å². The first-order chi connectivity index (χ1) is 8.34. The van der Waals surface area contributed by atoms with Crippen LogP contribution < -0.4 is 5.32 Å². The number of nitrogens with one attached hydrogen (secondary N) is 1. The first-order valence-electron chi connectivity index (χ1n) is 6.10. The summed E-state index contributed by atoms with van der Waals surface area (Å²) in [6.45, 7) is 7.58. The lowest BCUT2D eigenvalue weighted by Gasteiger charge is -2.16.